The van der Waals surface area contributed by atoms with Gasteiger partial charge in [0.2, 0.25) is 17.7 Å². The molecule has 4 aliphatic rings. The van der Waals surface area contributed by atoms with Crippen LogP contribution in [0.1, 0.15) is 33.4 Å². The molecule has 4 aromatic rings. The van der Waals surface area contributed by atoms with Crippen molar-refractivity contribution >= 4 is 40.9 Å². The lowest BCUT2D eigenvalue weighted by Crippen LogP contribution is -2.57. The first-order valence-corrected chi connectivity index (χ1v) is 14.4. The average Bonchev–Trinajstić information content (AvgIpc) is 3.29. The molecule has 8 rings (SSSR count). The number of carbonyl (C=O) groups is 3. The molecular weight excluding hydrogens is 555 g/mol. The monoisotopic (exact) mass is 580 g/mol. The molecule has 41 heavy (non-hydrogen) atoms. The van der Waals surface area contributed by atoms with E-state index < -0.39 is 45.3 Å². The summed E-state index contributed by atoms with van der Waals surface area (Å²) in [5, 5.41) is 2.96. The predicted molar refractivity (Wildman–Crippen MR) is 157 cm³/mol. The zero-order valence-corrected chi connectivity index (χ0v) is 23.5. The zero-order chi connectivity index (χ0) is 28.4. The third-order valence-electron chi connectivity index (χ3n) is 8.82. The van der Waals surface area contributed by atoms with E-state index in [1.807, 2.05) is 109 Å². The van der Waals surface area contributed by atoms with E-state index in [1.165, 1.54) is 0 Å². The number of alkyl halides is 2. The number of carbonyl (C=O) groups excluding carboxylic acids is 3. The first-order valence-electron chi connectivity index (χ1n) is 13.7. The fourth-order valence-electron chi connectivity index (χ4n) is 7.04. The number of nitrogens with zero attached hydrogens (tertiary/aromatic N) is 1. The fraction of sp³-hybridized carbons (Fsp3) is 0.206. The van der Waals surface area contributed by atoms with Gasteiger partial charge in [-0.2, -0.15) is 0 Å². The summed E-state index contributed by atoms with van der Waals surface area (Å²) >= 11 is 15.1. The molecule has 2 bridgehead atoms. The van der Waals surface area contributed by atoms with Gasteiger partial charge in [-0.15, -0.1) is 23.2 Å². The Morgan fingerprint density at radius 3 is 1.49 bits per heavy atom. The zero-order valence-electron chi connectivity index (χ0n) is 22.0. The Morgan fingerprint density at radius 1 is 0.659 bits per heavy atom. The second kappa shape index (κ2) is 9.57. The van der Waals surface area contributed by atoms with Gasteiger partial charge in [-0.05, 0) is 33.4 Å². The van der Waals surface area contributed by atoms with Crippen molar-refractivity contribution in [2.75, 3.05) is 0 Å². The summed E-state index contributed by atoms with van der Waals surface area (Å²) in [6.07, 6.45) is 0.169. The van der Waals surface area contributed by atoms with Gasteiger partial charge in [-0.1, -0.05) is 109 Å². The number of hydrogen-bond acceptors (Lipinski definition) is 3. The standard InChI is InChI=1S/C34H26Cl2N2O3/c35-33-23-15-7-8-16-24(23)34(36,26-18-10-9-17-25(26)33)29-28(33)31(40)38(32(29)41)27(19-21-11-3-1-4-12-21)30(39)37-20-22-13-5-2-6-14-22/h1-18,27-29H,19-20H2,(H,37,39)/t27-,28-,29-,33?,34?/m0/s1. The van der Waals surface area contributed by atoms with Crippen LogP contribution in [-0.4, -0.2) is 28.7 Å². The van der Waals surface area contributed by atoms with Crippen LogP contribution >= 0.6 is 23.2 Å². The molecule has 1 N–H and O–H groups in total. The normalized spacial score (nSPS) is 26.2. The molecule has 3 atom stereocenters. The van der Waals surface area contributed by atoms with E-state index in [4.69, 9.17) is 23.2 Å². The van der Waals surface area contributed by atoms with E-state index in [0.29, 0.717) is 0 Å². The Labute approximate surface area is 248 Å². The molecule has 0 spiro atoms. The molecule has 1 fully saturated rings. The van der Waals surface area contributed by atoms with E-state index in [-0.39, 0.29) is 13.0 Å². The highest BCUT2D eigenvalue weighted by Gasteiger charge is 2.73. The third-order valence-corrected chi connectivity index (χ3v) is 10.1. The predicted octanol–water partition coefficient (Wildman–Crippen LogP) is 5.51. The van der Waals surface area contributed by atoms with Gasteiger partial charge in [0, 0.05) is 13.0 Å². The second-order valence-electron chi connectivity index (χ2n) is 10.9. The highest BCUT2D eigenvalue weighted by atomic mass is 35.5. The summed E-state index contributed by atoms with van der Waals surface area (Å²) in [7, 11) is 0. The summed E-state index contributed by atoms with van der Waals surface area (Å²) in [5.41, 5.74) is 4.66. The van der Waals surface area contributed by atoms with E-state index >= 15 is 0 Å². The molecule has 0 aromatic heterocycles. The summed E-state index contributed by atoms with van der Waals surface area (Å²) < 4.78 is 0. The molecule has 1 heterocycles. The van der Waals surface area contributed by atoms with Crippen LogP contribution in [0.2, 0.25) is 0 Å². The van der Waals surface area contributed by atoms with Crippen LogP contribution in [0.4, 0.5) is 0 Å². The van der Waals surface area contributed by atoms with E-state index in [0.717, 1.165) is 38.3 Å². The van der Waals surface area contributed by atoms with Gasteiger partial charge in [0.15, 0.2) is 0 Å². The smallest absolute Gasteiger partial charge is 0.243 e. The molecule has 0 radical (unpaired) electrons. The molecule has 0 saturated carbocycles. The maximum absolute atomic E-state index is 14.5. The Morgan fingerprint density at radius 2 is 1.05 bits per heavy atom. The molecule has 204 valence electrons. The van der Waals surface area contributed by atoms with E-state index in [9.17, 15) is 14.4 Å². The lowest BCUT2D eigenvalue weighted by Gasteiger charge is -2.54. The van der Waals surface area contributed by atoms with Gasteiger partial charge in [-0.3, -0.25) is 19.3 Å². The number of hydrogen-bond donors (Lipinski definition) is 1. The number of nitrogens with one attached hydrogen (secondary N) is 1. The molecule has 3 aliphatic carbocycles. The highest BCUT2D eigenvalue weighted by molar-refractivity contribution is 6.36. The third kappa shape index (κ3) is 3.65. The van der Waals surface area contributed by atoms with E-state index in [1.54, 1.807) is 0 Å². The molecule has 3 amide bonds. The van der Waals surface area contributed by atoms with Crippen LogP contribution in [-0.2, 0) is 37.1 Å². The molecule has 5 nitrogen and oxygen atoms in total. The molecule has 0 unspecified atom stereocenters. The van der Waals surface area contributed by atoms with Crippen molar-refractivity contribution < 1.29 is 14.4 Å². The van der Waals surface area contributed by atoms with Crippen molar-refractivity contribution in [3.05, 3.63) is 143 Å². The van der Waals surface area contributed by atoms with Crippen molar-refractivity contribution in [1.29, 1.82) is 0 Å². The number of imide groups is 1. The highest BCUT2D eigenvalue weighted by Crippen LogP contribution is 2.69. The van der Waals surface area contributed by atoms with Crippen LogP contribution < -0.4 is 5.32 Å². The summed E-state index contributed by atoms with van der Waals surface area (Å²) in [6.45, 7) is 0.268. The minimum absolute atomic E-state index is 0.169. The van der Waals surface area contributed by atoms with Crippen LogP contribution in [0.3, 0.4) is 0 Å². The van der Waals surface area contributed by atoms with Gasteiger partial charge >= 0.3 is 0 Å². The molecule has 7 heteroatoms. The van der Waals surface area contributed by atoms with Gasteiger partial charge in [0.05, 0.1) is 11.8 Å². The van der Waals surface area contributed by atoms with Crippen molar-refractivity contribution in [3.8, 4) is 0 Å². The summed E-state index contributed by atoms with van der Waals surface area (Å²) in [5.74, 6) is -3.27. The van der Waals surface area contributed by atoms with Gasteiger partial charge in [0.1, 0.15) is 15.8 Å². The minimum atomic E-state index is -1.30. The van der Waals surface area contributed by atoms with Crippen LogP contribution in [0.25, 0.3) is 0 Å². The number of benzene rings is 4. The van der Waals surface area contributed by atoms with Crippen molar-refractivity contribution in [2.45, 2.75) is 28.8 Å². The number of amides is 3. The van der Waals surface area contributed by atoms with Gasteiger partial charge < -0.3 is 5.32 Å². The van der Waals surface area contributed by atoms with Crippen molar-refractivity contribution in [3.63, 3.8) is 0 Å². The Balaban J connectivity index is 1.33. The second-order valence-corrected chi connectivity index (χ2v) is 12.1. The molecule has 1 saturated heterocycles. The van der Waals surface area contributed by atoms with Crippen LogP contribution in [0.5, 0.6) is 0 Å². The molecule has 4 aromatic carbocycles. The van der Waals surface area contributed by atoms with Crippen molar-refractivity contribution in [1.82, 2.24) is 10.2 Å². The lowest BCUT2D eigenvalue weighted by molar-refractivity contribution is -0.148. The SMILES string of the molecule is O=C(NCc1ccccc1)[C@H](Cc1ccccc1)N1C(=O)[C@@H]2[C@@H](C1=O)C1(Cl)c3ccccc3C2(Cl)c2ccccc21. The van der Waals surface area contributed by atoms with Crippen molar-refractivity contribution in [2.24, 2.45) is 11.8 Å². The van der Waals surface area contributed by atoms with Gasteiger partial charge in [0.25, 0.3) is 0 Å². The first kappa shape index (κ1) is 26.0. The van der Waals surface area contributed by atoms with Crippen LogP contribution in [0, 0.1) is 11.8 Å². The quantitative estimate of drug-likeness (QED) is 0.242. The molecular formula is C34H26Cl2N2O3. The maximum atomic E-state index is 14.5. The van der Waals surface area contributed by atoms with Crippen LogP contribution in [0.15, 0.2) is 109 Å². The first-order chi connectivity index (χ1) is 19.9. The van der Waals surface area contributed by atoms with E-state index in [2.05, 4.69) is 5.32 Å². The molecule has 1 aliphatic heterocycles. The Bertz CT molecular complexity index is 1570. The summed E-state index contributed by atoms with van der Waals surface area (Å²) in [6, 6.07) is 32.9. The van der Waals surface area contributed by atoms with Gasteiger partial charge in [-0.25, -0.2) is 0 Å². The Kier molecular flexibility index (Phi) is 6.07. The number of rotatable bonds is 6. The fourth-order valence-corrected chi connectivity index (χ4v) is 8.14. The Hall–Kier alpha value is -3.93. The topological polar surface area (TPSA) is 66.5 Å². The number of likely N-dealkylation sites (tertiary alicyclic amines) is 1. The lowest BCUT2D eigenvalue weighted by atomic mass is 9.54. The largest absolute Gasteiger partial charge is 0.350 e. The minimum Gasteiger partial charge on any atom is -0.350 e. The summed E-state index contributed by atoms with van der Waals surface area (Å²) in [4.78, 5) is 41.4. The maximum Gasteiger partial charge on any atom is 0.243 e. The number of halogens is 2. The average molecular weight is 581 g/mol.